The first-order chi connectivity index (χ1) is 6.72. The van der Waals surface area contributed by atoms with Crippen LogP contribution in [-0.2, 0) is 6.54 Å². The summed E-state index contributed by atoms with van der Waals surface area (Å²) in [6.07, 6.45) is 0. The number of hydrogen-bond acceptors (Lipinski definition) is 3. The Balaban J connectivity index is 2.62. The second-order valence-electron chi connectivity index (χ2n) is 3.00. The molecule has 0 aliphatic rings. The van der Waals surface area contributed by atoms with E-state index in [4.69, 9.17) is 5.73 Å². The van der Waals surface area contributed by atoms with Crippen LogP contribution in [0.2, 0.25) is 0 Å². The molecule has 0 amide bonds. The van der Waals surface area contributed by atoms with Gasteiger partial charge in [0.25, 0.3) is 0 Å². The zero-order valence-electron chi connectivity index (χ0n) is 7.44. The minimum atomic E-state index is 0.241. The summed E-state index contributed by atoms with van der Waals surface area (Å²) in [6, 6.07) is 5.08. The van der Waals surface area contributed by atoms with E-state index in [1.807, 2.05) is 0 Å². The number of benzene rings is 1. The van der Waals surface area contributed by atoms with Crippen LogP contribution in [0.4, 0.5) is 0 Å². The van der Waals surface area contributed by atoms with Gasteiger partial charge in [-0.25, -0.2) is 0 Å². The summed E-state index contributed by atoms with van der Waals surface area (Å²) in [7, 11) is 0. The van der Waals surface area contributed by atoms with E-state index in [0.717, 1.165) is 15.5 Å². The van der Waals surface area contributed by atoms with Gasteiger partial charge in [0.15, 0.2) is 0 Å². The molecule has 1 aromatic heterocycles. The Morgan fingerprint density at radius 1 is 1.50 bits per heavy atom. The smallest absolute Gasteiger partial charge is 0.116 e. The highest BCUT2D eigenvalue weighted by atomic mass is 79.9. The van der Waals surface area contributed by atoms with E-state index in [1.54, 1.807) is 22.9 Å². The summed E-state index contributed by atoms with van der Waals surface area (Å²) in [5.74, 6) is 0.241. The van der Waals surface area contributed by atoms with E-state index in [0.29, 0.717) is 13.1 Å². The summed E-state index contributed by atoms with van der Waals surface area (Å²) in [5, 5.41) is 14.5. The van der Waals surface area contributed by atoms with Gasteiger partial charge in [-0.3, -0.25) is 4.68 Å². The third-order valence-electron chi connectivity index (χ3n) is 2.00. The van der Waals surface area contributed by atoms with Crippen LogP contribution in [0.25, 0.3) is 10.9 Å². The van der Waals surface area contributed by atoms with Crippen molar-refractivity contribution >= 4 is 26.8 Å². The van der Waals surface area contributed by atoms with Gasteiger partial charge in [-0.05, 0) is 34.1 Å². The molecule has 0 aliphatic carbocycles. The van der Waals surface area contributed by atoms with E-state index in [-0.39, 0.29) is 5.75 Å². The molecule has 74 valence electrons. The highest BCUT2D eigenvalue weighted by Crippen LogP contribution is 2.26. The number of aromatic nitrogens is 2. The normalized spacial score (nSPS) is 11.0. The molecule has 2 aromatic rings. The molecule has 0 unspecified atom stereocenters. The first-order valence-electron chi connectivity index (χ1n) is 4.27. The van der Waals surface area contributed by atoms with Crippen LogP contribution in [-0.4, -0.2) is 21.4 Å². The van der Waals surface area contributed by atoms with Crippen LogP contribution < -0.4 is 5.73 Å². The maximum absolute atomic E-state index is 9.31. The third-order valence-corrected chi connectivity index (χ3v) is 2.83. The number of nitrogens with two attached hydrogens (primary N) is 1. The molecule has 1 aromatic carbocycles. The van der Waals surface area contributed by atoms with Crippen LogP contribution in [0.15, 0.2) is 22.8 Å². The van der Waals surface area contributed by atoms with Crippen molar-refractivity contribution in [2.75, 3.05) is 6.54 Å². The highest BCUT2D eigenvalue weighted by Gasteiger charge is 2.08. The molecule has 0 fully saturated rings. The minimum absolute atomic E-state index is 0.241. The van der Waals surface area contributed by atoms with Crippen molar-refractivity contribution in [3.05, 3.63) is 22.8 Å². The standard InChI is InChI=1S/C9H10BrN3O/c10-9-7-5-6(14)1-2-8(7)12-13(9)4-3-11/h1-2,5,14H,3-4,11H2. The van der Waals surface area contributed by atoms with Crippen molar-refractivity contribution in [3.8, 4) is 5.75 Å². The number of aromatic hydroxyl groups is 1. The van der Waals surface area contributed by atoms with Gasteiger partial charge in [-0.1, -0.05) is 0 Å². The second kappa shape index (κ2) is 3.59. The second-order valence-corrected chi connectivity index (χ2v) is 3.76. The summed E-state index contributed by atoms with van der Waals surface area (Å²) < 4.78 is 2.64. The predicted molar refractivity (Wildman–Crippen MR) is 58.2 cm³/mol. The molecule has 0 bridgehead atoms. The Hall–Kier alpha value is -1.07. The molecular formula is C9H10BrN3O. The lowest BCUT2D eigenvalue weighted by Crippen LogP contribution is -2.10. The SMILES string of the molecule is NCCn1nc2ccc(O)cc2c1Br. The lowest BCUT2D eigenvalue weighted by Gasteiger charge is -1.98. The van der Waals surface area contributed by atoms with Crippen molar-refractivity contribution in [1.29, 1.82) is 0 Å². The van der Waals surface area contributed by atoms with Gasteiger partial charge in [0.1, 0.15) is 10.4 Å². The largest absolute Gasteiger partial charge is 0.508 e. The molecule has 0 spiro atoms. The van der Waals surface area contributed by atoms with Gasteiger partial charge < -0.3 is 10.8 Å². The molecule has 14 heavy (non-hydrogen) atoms. The Morgan fingerprint density at radius 3 is 3.00 bits per heavy atom. The summed E-state index contributed by atoms with van der Waals surface area (Å²) in [5.41, 5.74) is 6.30. The van der Waals surface area contributed by atoms with Gasteiger partial charge in [-0.2, -0.15) is 5.10 Å². The Morgan fingerprint density at radius 2 is 2.29 bits per heavy atom. The zero-order valence-corrected chi connectivity index (χ0v) is 9.03. The van der Waals surface area contributed by atoms with Crippen LogP contribution in [0.5, 0.6) is 5.75 Å². The van der Waals surface area contributed by atoms with Crippen molar-refractivity contribution in [1.82, 2.24) is 9.78 Å². The fourth-order valence-electron chi connectivity index (χ4n) is 1.36. The number of fused-ring (bicyclic) bond motifs is 1. The Kier molecular flexibility index (Phi) is 2.43. The molecule has 0 saturated heterocycles. The molecule has 0 atom stereocenters. The van der Waals surface area contributed by atoms with Crippen LogP contribution in [0, 0.1) is 0 Å². The maximum Gasteiger partial charge on any atom is 0.116 e. The van der Waals surface area contributed by atoms with Crippen molar-refractivity contribution < 1.29 is 5.11 Å². The number of phenols is 1. The average molecular weight is 256 g/mol. The first-order valence-corrected chi connectivity index (χ1v) is 5.07. The molecule has 0 radical (unpaired) electrons. The molecular weight excluding hydrogens is 246 g/mol. The van der Waals surface area contributed by atoms with E-state index in [2.05, 4.69) is 21.0 Å². The maximum atomic E-state index is 9.31. The van der Waals surface area contributed by atoms with E-state index in [1.165, 1.54) is 0 Å². The lowest BCUT2D eigenvalue weighted by molar-refractivity contribution is 0.476. The van der Waals surface area contributed by atoms with Gasteiger partial charge in [-0.15, -0.1) is 0 Å². The number of halogens is 1. The molecule has 1 heterocycles. The van der Waals surface area contributed by atoms with Gasteiger partial charge in [0.05, 0.1) is 12.1 Å². The Labute approximate surface area is 89.5 Å². The average Bonchev–Trinajstić information content (AvgIpc) is 2.46. The van der Waals surface area contributed by atoms with Crippen molar-refractivity contribution in [3.63, 3.8) is 0 Å². The van der Waals surface area contributed by atoms with Crippen LogP contribution >= 0.6 is 15.9 Å². The lowest BCUT2D eigenvalue weighted by atomic mass is 10.2. The topological polar surface area (TPSA) is 64.1 Å². The fourth-order valence-corrected chi connectivity index (χ4v) is 1.93. The van der Waals surface area contributed by atoms with Crippen molar-refractivity contribution in [2.45, 2.75) is 6.54 Å². The summed E-state index contributed by atoms with van der Waals surface area (Å²) >= 11 is 3.42. The fraction of sp³-hybridized carbons (Fsp3) is 0.222. The first kappa shape index (κ1) is 9.48. The number of phenolic OH excluding ortho intramolecular Hbond substituents is 1. The quantitative estimate of drug-likeness (QED) is 0.855. The van der Waals surface area contributed by atoms with Crippen LogP contribution in [0.1, 0.15) is 0 Å². The van der Waals surface area contributed by atoms with Gasteiger partial charge in [0.2, 0.25) is 0 Å². The zero-order chi connectivity index (χ0) is 10.1. The number of nitrogens with zero attached hydrogens (tertiary/aromatic N) is 2. The van der Waals surface area contributed by atoms with E-state index in [9.17, 15) is 5.11 Å². The van der Waals surface area contributed by atoms with Gasteiger partial charge >= 0.3 is 0 Å². The minimum Gasteiger partial charge on any atom is -0.508 e. The predicted octanol–water partition coefficient (Wildman–Crippen LogP) is 1.46. The monoisotopic (exact) mass is 255 g/mol. The molecule has 0 aliphatic heterocycles. The third kappa shape index (κ3) is 1.49. The molecule has 5 heteroatoms. The Bertz CT molecular complexity index is 466. The summed E-state index contributed by atoms with van der Waals surface area (Å²) in [6.45, 7) is 1.20. The number of hydrogen-bond donors (Lipinski definition) is 2. The molecule has 0 saturated carbocycles. The molecule has 3 N–H and O–H groups in total. The highest BCUT2D eigenvalue weighted by molar-refractivity contribution is 9.10. The molecule has 4 nitrogen and oxygen atoms in total. The van der Waals surface area contributed by atoms with Crippen LogP contribution in [0.3, 0.4) is 0 Å². The van der Waals surface area contributed by atoms with Gasteiger partial charge in [0, 0.05) is 11.9 Å². The van der Waals surface area contributed by atoms with Crippen molar-refractivity contribution in [2.24, 2.45) is 5.73 Å². The van der Waals surface area contributed by atoms with E-state index < -0.39 is 0 Å². The molecule has 2 rings (SSSR count). The summed E-state index contributed by atoms with van der Waals surface area (Å²) in [4.78, 5) is 0. The number of rotatable bonds is 2. The van der Waals surface area contributed by atoms with E-state index >= 15 is 0 Å².